The molecule has 2 rings (SSSR count). The zero-order valence-corrected chi connectivity index (χ0v) is 13.7. The van der Waals surface area contributed by atoms with E-state index in [0.29, 0.717) is 23.2 Å². The molecule has 1 aromatic rings. The Morgan fingerprint density at radius 3 is 3.00 bits per heavy atom. The van der Waals surface area contributed by atoms with Crippen LogP contribution in [0.2, 0.25) is 0 Å². The van der Waals surface area contributed by atoms with Gasteiger partial charge in [-0.25, -0.2) is 0 Å². The van der Waals surface area contributed by atoms with Gasteiger partial charge in [0.2, 0.25) is 0 Å². The topological polar surface area (TPSA) is 74.3 Å². The summed E-state index contributed by atoms with van der Waals surface area (Å²) in [6.07, 6.45) is 5.98. The van der Waals surface area contributed by atoms with Gasteiger partial charge in [0.1, 0.15) is 0 Å². The lowest BCUT2D eigenvalue weighted by molar-refractivity contribution is 0.250. The minimum atomic E-state index is -3.54. The summed E-state index contributed by atoms with van der Waals surface area (Å²) in [6, 6.07) is 1.64. The fraction of sp³-hybridized carbons (Fsp3) is 0.583. The predicted molar refractivity (Wildman–Crippen MR) is 82.8 cm³/mol. The summed E-state index contributed by atoms with van der Waals surface area (Å²) < 4.78 is 29.9. The number of nitrogens with zero attached hydrogens (tertiary/aromatic N) is 2. The van der Waals surface area contributed by atoms with Gasteiger partial charge in [-0.1, -0.05) is 6.42 Å². The van der Waals surface area contributed by atoms with Crippen molar-refractivity contribution in [3.05, 3.63) is 22.9 Å². The van der Waals surface area contributed by atoms with Crippen LogP contribution in [-0.4, -0.2) is 43.9 Å². The Morgan fingerprint density at radius 1 is 1.50 bits per heavy atom. The Kier molecular flexibility index (Phi) is 5.36. The van der Waals surface area contributed by atoms with Crippen LogP contribution in [0.25, 0.3) is 0 Å². The van der Waals surface area contributed by atoms with Crippen molar-refractivity contribution in [2.45, 2.75) is 25.3 Å². The lowest BCUT2D eigenvalue weighted by Crippen LogP contribution is -2.49. The van der Waals surface area contributed by atoms with Crippen molar-refractivity contribution < 1.29 is 8.42 Å². The third-order valence-electron chi connectivity index (χ3n) is 3.33. The van der Waals surface area contributed by atoms with Crippen LogP contribution in [0.1, 0.15) is 19.3 Å². The first-order valence-electron chi connectivity index (χ1n) is 6.58. The number of nitrogens with one attached hydrogen (secondary N) is 2. The minimum Gasteiger partial charge on any atom is -0.318 e. The highest BCUT2D eigenvalue weighted by atomic mass is 79.9. The minimum absolute atomic E-state index is 0.00635. The van der Waals surface area contributed by atoms with Gasteiger partial charge in [-0.15, -0.1) is 0 Å². The Hall–Kier alpha value is -0.700. The molecule has 2 heterocycles. The van der Waals surface area contributed by atoms with Gasteiger partial charge in [-0.05, 0) is 41.9 Å². The van der Waals surface area contributed by atoms with E-state index in [1.165, 1.54) is 0 Å². The highest BCUT2D eigenvalue weighted by Crippen LogP contribution is 2.25. The maximum absolute atomic E-state index is 12.5. The van der Waals surface area contributed by atoms with Gasteiger partial charge in [-0.2, -0.15) is 12.7 Å². The molecular weight excluding hydrogens is 344 g/mol. The highest BCUT2D eigenvalue weighted by Gasteiger charge is 2.32. The average molecular weight is 363 g/mol. The molecule has 112 valence electrons. The molecule has 0 aliphatic carbocycles. The van der Waals surface area contributed by atoms with Crippen LogP contribution in [0.3, 0.4) is 0 Å². The van der Waals surface area contributed by atoms with E-state index in [0.717, 1.165) is 19.3 Å². The number of anilines is 1. The molecule has 0 amide bonds. The first-order valence-corrected chi connectivity index (χ1v) is 8.81. The number of aromatic nitrogens is 1. The number of piperidine rings is 1. The van der Waals surface area contributed by atoms with E-state index < -0.39 is 10.2 Å². The molecule has 2 N–H and O–H groups in total. The van der Waals surface area contributed by atoms with E-state index in [2.05, 4.69) is 31.0 Å². The van der Waals surface area contributed by atoms with Crippen molar-refractivity contribution in [2.75, 3.05) is 24.9 Å². The van der Waals surface area contributed by atoms with Crippen LogP contribution in [0.5, 0.6) is 0 Å². The predicted octanol–water partition coefficient (Wildman–Crippen LogP) is 1.57. The Balaban J connectivity index is 2.18. The molecule has 1 aromatic heterocycles. The van der Waals surface area contributed by atoms with Gasteiger partial charge in [-0.3, -0.25) is 9.71 Å². The van der Waals surface area contributed by atoms with Crippen molar-refractivity contribution in [3.63, 3.8) is 0 Å². The van der Waals surface area contributed by atoms with Gasteiger partial charge >= 0.3 is 10.2 Å². The van der Waals surface area contributed by atoms with Crippen LogP contribution in [0, 0.1) is 0 Å². The van der Waals surface area contributed by atoms with Gasteiger partial charge in [0.25, 0.3) is 0 Å². The molecule has 1 unspecified atom stereocenters. The summed E-state index contributed by atoms with van der Waals surface area (Å²) in [6.45, 7) is 1.23. The van der Waals surface area contributed by atoms with Gasteiger partial charge < -0.3 is 5.32 Å². The van der Waals surface area contributed by atoms with Gasteiger partial charge in [0.15, 0.2) is 0 Å². The standard InChI is InChI=1S/C12H19BrN4O2S/c1-14-8-10-4-2-3-7-17(10)20(18,19)16-12-5-6-15-9-11(12)13/h5-6,9-10,14H,2-4,7-8H2,1H3,(H,15,16). The second-order valence-corrected chi connectivity index (χ2v) is 7.26. The van der Waals surface area contributed by atoms with E-state index in [1.807, 2.05) is 7.05 Å². The van der Waals surface area contributed by atoms with E-state index in [-0.39, 0.29) is 6.04 Å². The second-order valence-electron chi connectivity index (χ2n) is 4.78. The Labute approximate surface area is 128 Å². The van der Waals surface area contributed by atoms with E-state index in [4.69, 9.17) is 0 Å². The zero-order valence-electron chi connectivity index (χ0n) is 11.3. The first kappa shape index (κ1) is 15.7. The molecule has 0 saturated carbocycles. The Morgan fingerprint density at radius 2 is 2.30 bits per heavy atom. The van der Waals surface area contributed by atoms with Crippen molar-refractivity contribution in [1.82, 2.24) is 14.6 Å². The quantitative estimate of drug-likeness (QED) is 0.833. The molecule has 1 aliphatic heterocycles. The molecule has 1 fully saturated rings. The number of pyridine rings is 1. The number of hydrogen-bond acceptors (Lipinski definition) is 4. The summed E-state index contributed by atoms with van der Waals surface area (Å²) in [5, 5.41) is 3.06. The van der Waals surface area contributed by atoms with Crippen molar-refractivity contribution >= 4 is 31.8 Å². The summed E-state index contributed by atoms with van der Waals surface area (Å²) in [5.41, 5.74) is 0.508. The highest BCUT2D eigenvalue weighted by molar-refractivity contribution is 9.10. The number of halogens is 1. The van der Waals surface area contributed by atoms with Crippen LogP contribution >= 0.6 is 15.9 Å². The normalized spacial score (nSPS) is 20.8. The lowest BCUT2D eigenvalue weighted by atomic mass is 10.1. The van der Waals surface area contributed by atoms with Crippen LogP contribution < -0.4 is 10.0 Å². The summed E-state index contributed by atoms with van der Waals surface area (Å²) in [4.78, 5) is 3.93. The van der Waals surface area contributed by atoms with Gasteiger partial charge in [0.05, 0.1) is 10.2 Å². The third-order valence-corrected chi connectivity index (χ3v) is 5.54. The largest absolute Gasteiger partial charge is 0.318 e. The maximum atomic E-state index is 12.5. The summed E-state index contributed by atoms with van der Waals surface area (Å²) in [7, 11) is -1.71. The van der Waals surface area contributed by atoms with Crippen molar-refractivity contribution in [2.24, 2.45) is 0 Å². The fourth-order valence-electron chi connectivity index (χ4n) is 2.39. The molecule has 6 nitrogen and oxygen atoms in total. The smallest absolute Gasteiger partial charge is 0.301 e. The lowest BCUT2D eigenvalue weighted by Gasteiger charge is -2.34. The van der Waals surface area contributed by atoms with E-state index in [9.17, 15) is 8.42 Å². The van der Waals surface area contributed by atoms with Gasteiger partial charge in [0, 0.05) is 31.5 Å². The Bertz CT molecular complexity index is 550. The molecule has 0 radical (unpaired) electrons. The van der Waals surface area contributed by atoms with Crippen molar-refractivity contribution in [1.29, 1.82) is 0 Å². The zero-order chi connectivity index (χ0) is 14.6. The molecule has 8 heteroatoms. The van der Waals surface area contributed by atoms with E-state index >= 15 is 0 Å². The SMILES string of the molecule is CNCC1CCCCN1S(=O)(=O)Nc1ccncc1Br. The molecule has 0 bridgehead atoms. The molecule has 1 aliphatic rings. The second kappa shape index (κ2) is 6.84. The summed E-state index contributed by atoms with van der Waals surface area (Å²) >= 11 is 3.30. The fourth-order valence-corrected chi connectivity index (χ4v) is 4.38. The van der Waals surface area contributed by atoms with E-state index in [1.54, 1.807) is 22.8 Å². The molecule has 1 saturated heterocycles. The van der Waals surface area contributed by atoms with Crippen LogP contribution in [-0.2, 0) is 10.2 Å². The van der Waals surface area contributed by atoms with Crippen molar-refractivity contribution in [3.8, 4) is 0 Å². The van der Waals surface area contributed by atoms with Crippen LogP contribution in [0.15, 0.2) is 22.9 Å². The first-order chi connectivity index (χ1) is 9.54. The maximum Gasteiger partial charge on any atom is 0.301 e. The average Bonchev–Trinajstić information content (AvgIpc) is 2.42. The molecule has 1 atom stereocenters. The molecular formula is C12H19BrN4O2S. The molecule has 0 aromatic carbocycles. The third kappa shape index (κ3) is 3.69. The summed E-state index contributed by atoms with van der Waals surface area (Å²) in [5.74, 6) is 0. The number of likely N-dealkylation sites (N-methyl/N-ethyl adjacent to an activating group) is 1. The van der Waals surface area contributed by atoms with Crippen LogP contribution in [0.4, 0.5) is 5.69 Å². The molecule has 20 heavy (non-hydrogen) atoms. The number of rotatable bonds is 5. The monoisotopic (exact) mass is 362 g/mol. The molecule has 0 spiro atoms. The number of hydrogen-bond donors (Lipinski definition) is 2.